The number of hydrogen-bond acceptors (Lipinski definition) is 7. The van der Waals surface area contributed by atoms with Crippen molar-refractivity contribution in [1.29, 1.82) is 0 Å². The van der Waals surface area contributed by atoms with E-state index in [2.05, 4.69) is 26.6 Å². The predicted molar refractivity (Wildman–Crippen MR) is 140 cm³/mol. The van der Waals surface area contributed by atoms with Crippen LogP contribution in [0.15, 0.2) is 60.8 Å². The maximum absolute atomic E-state index is 13.0. The fourth-order valence-electron chi connectivity index (χ4n) is 4.09. The molecule has 0 spiro atoms. The molecule has 8 heteroatoms. The summed E-state index contributed by atoms with van der Waals surface area (Å²) in [6, 6.07) is 17.5. The van der Waals surface area contributed by atoms with Crippen molar-refractivity contribution >= 4 is 39.0 Å². The number of aromatic nitrogens is 2. The van der Waals surface area contributed by atoms with Crippen LogP contribution >= 0.6 is 11.3 Å². The van der Waals surface area contributed by atoms with Crippen LogP contribution in [0.1, 0.15) is 15.9 Å². The third kappa shape index (κ3) is 4.94. The third-order valence-corrected chi connectivity index (χ3v) is 6.96. The SMILES string of the molecule is CN(C)c1cccc(C(=O)Nc2ccccc2-c2nc3cc(CN4CCNCC4)cnc3s2)c1. The first-order chi connectivity index (χ1) is 16.6. The van der Waals surface area contributed by atoms with Crippen molar-refractivity contribution in [2.75, 3.05) is 50.5 Å². The molecule has 0 bridgehead atoms. The summed E-state index contributed by atoms with van der Waals surface area (Å²) in [6.07, 6.45) is 1.96. The summed E-state index contributed by atoms with van der Waals surface area (Å²) in [5.41, 5.74) is 5.30. The molecule has 3 heterocycles. The number of hydrogen-bond donors (Lipinski definition) is 2. The number of para-hydroxylation sites is 1. The van der Waals surface area contributed by atoms with E-state index in [1.807, 2.05) is 73.7 Å². The van der Waals surface area contributed by atoms with E-state index < -0.39 is 0 Å². The summed E-state index contributed by atoms with van der Waals surface area (Å²) < 4.78 is 0. The number of benzene rings is 2. The van der Waals surface area contributed by atoms with Crippen LogP contribution in [0.2, 0.25) is 0 Å². The van der Waals surface area contributed by atoms with E-state index in [1.165, 1.54) is 5.56 Å². The Morgan fingerprint density at radius 1 is 1.12 bits per heavy atom. The number of fused-ring (bicyclic) bond motifs is 1. The second-order valence-corrected chi connectivity index (χ2v) is 9.63. The van der Waals surface area contributed by atoms with Crippen molar-refractivity contribution in [3.05, 3.63) is 71.9 Å². The highest BCUT2D eigenvalue weighted by Gasteiger charge is 2.16. The smallest absolute Gasteiger partial charge is 0.255 e. The molecule has 1 fully saturated rings. The van der Waals surface area contributed by atoms with Crippen LogP contribution in [0, 0.1) is 0 Å². The van der Waals surface area contributed by atoms with Crippen molar-refractivity contribution < 1.29 is 4.79 Å². The molecule has 1 aliphatic rings. The van der Waals surface area contributed by atoms with Crippen molar-refractivity contribution in [3.8, 4) is 10.6 Å². The Morgan fingerprint density at radius 2 is 1.94 bits per heavy atom. The first-order valence-electron chi connectivity index (χ1n) is 11.4. The molecule has 34 heavy (non-hydrogen) atoms. The summed E-state index contributed by atoms with van der Waals surface area (Å²) in [7, 11) is 3.92. The number of thiazole rings is 1. The predicted octanol–water partition coefficient (Wildman–Crippen LogP) is 4.08. The fraction of sp³-hybridized carbons (Fsp3) is 0.269. The van der Waals surface area contributed by atoms with Gasteiger partial charge in [0, 0.05) is 69.8 Å². The zero-order valence-electron chi connectivity index (χ0n) is 19.4. The van der Waals surface area contributed by atoms with Crippen molar-refractivity contribution in [2.24, 2.45) is 0 Å². The van der Waals surface area contributed by atoms with E-state index in [0.717, 1.165) is 65.0 Å². The quantitative estimate of drug-likeness (QED) is 0.441. The number of amides is 1. The zero-order valence-corrected chi connectivity index (χ0v) is 20.2. The van der Waals surface area contributed by atoms with E-state index >= 15 is 0 Å². The Labute approximate surface area is 203 Å². The number of piperazine rings is 1. The average molecular weight is 473 g/mol. The molecule has 1 saturated heterocycles. The van der Waals surface area contributed by atoms with Gasteiger partial charge >= 0.3 is 0 Å². The van der Waals surface area contributed by atoms with E-state index in [0.29, 0.717) is 5.56 Å². The monoisotopic (exact) mass is 472 g/mol. The summed E-state index contributed by atoms with van der Waals surface area (Å²) in [5.74, 6) is -0.145. The van der Waals surface area contributed by atoms with E-state index in [-0.39, 0.29) is 5.91 Å². The summed E-state index contributed by atoms with van der Waals surface area (Å²) in [4.78, 5) is 27.9. The molecular formula is C26H28N6OS. The van der Waals surface area contributed by atoms with Gasteiger partial charge in [0.25, 0.3) is 5.91 Å². The molecular weight excluding hydrogens is 444 g/mol. The Hall–Kier alpha value is -3.33. The molecule has 7 nitrogen and oxygen atoms in total. The van der Waals surface area contributed by atoms with Gasteiger partial charge < -0.3 is 15.5 Å². The molecule has 0 saturated carbocycles. The minimum Gasteiger partial charge on any atom is -0.378 e. The number of rotatable bonds is 6. The summed E-state index contributed by atoms with van der Waals surface area (Å²) in [6.45, 7) is 5.03. The molecule has 1 aliphatic heterocycles. The number of pyridine rings is 1. The maximum Gasteiger partial charge on any atom is 0.255 e. The normalized spacial score (nSPS) is 14.3. The minimum atomic E-state index is -0.145. The Bertz CT molecular complexity index is 1310. The van der Waals surface area contributed by atoms with Gasteiger partial charge in [0.1, 0.15) is 15.4 Å². The van der Waals surface area contributed by atoms with Gasteiger partial charge in [-0.05, 0) is 42.0 Å². The van der Waals surface area contributed by atoms with E-state index in [4.69, 9.17) is 4.98 Å². The molecule has 0 aliphatic carbocycles. The highest BCUT2D eigenvalue weighted by Crippen LogP contribution is 2.34. The molecule has 1 amide bonds. The van der Waals surface area contributed by atoms with Gasteiger partial charge in [0.05, 0.1) is 5.69 Å². The molecule has 0 radical (unpaired) electrons. The molecule has 2 N–H and O–H groups in total. The molecule has 4 aromatic rings. The second kappa shape index (κ2) is 9.89. The molecule has 0 atom stereocenters. The Kier molecular flexibility index (Phi) is 6.53. The number of nitrogens with one attached hydrogen (secondary N) is 2. The van der Waals surface area contributed by atoms with Crippen molar-refractivity contribution in [2.45, 2.75) is 6.54 Å². The van der Waals surface area contributed by atoms with Gasteiger partial charge in [0.2, 0.25) is 0 Å². The lowest BCUT2D eigenvalue weighted by molar-refractivity contribution is 0.102. The molecule has 5 rings (SSSR count). The number of carbonyl (C=O) groups is 1. The number of carbonyl (C=O) groups excluding carboxylic acids is 1. The van der Waals surface area contributed by atoms with Crippen LogP contribution in [-0.2, 0) is 6.54 Å². The largest absolute Gasteiger partial charge is 0.378 e. The lowest BCUT2D eigenvalue weighted by atomic mass is 10.1. The van der Waals surface area contributed by atoms with E-state index in [1.54, 1.807) is 11.3 Å². The fourth-order valence-corrected chi connectivity index (χ4v) is 5.02. The highest BCUT2D eigenvalue weighted by molar-refractivity contribution is 7.21. The highest BCUT2D eigenvalue weighted by atomic mass is 32.1. The summed E-state index contributed by atoms with van der Waals surface area (Å²) >= 11 is 1.54. The maximum atomic E-state index is 13.0. The third-order valence-electron chi connectivity index (χ3n) is 5.95. The number of anilines is 2. The second-order valence-electron chi connectivity index (χ2n) is 8.66. The van der Waals surface area contributed by atoms with Crippen LogP contribution in [0.4, 0.5) is 11.4 Å². The van der Waals surface area contributed by atoms with Crippen LogP contribution in [0.5, 0.6) is 0 Å². The zero-order chi connectivity index (χ0) is 23.5. The van der Waals surface area contributed by atoms with Crippen LogP contribution in [0.3, 0.4) is 0 Å². The van der Waals surface area contributed by atoms with Crippen LogP contribution in [-0.4, -0.2) is 61.0 Å². The van der Waals surface area contributed by atoms with Gasteiger partial charge in [-0.1, -0.05) is 29.5 Å². The van der Waals surface area contributed by atoms with Crippen LogP contribution in [0.25, 0.3) is 20.9 Å². The first kappa shape index (κ1) is 22.5. The van der Waals surface area contributed by atoms with Gasteiger partial charge in [0.15, 0.2) is 0 Å². The summed E-state index contributed by atoms with van der Waals surface area (Å²) in [5, 5.41) is 7.31. The lowest BCUT2D eigenvalue weighted by Gasteiger charge is -2.26. The minimum absolute atomic E-state index is 0.145. The Balaban J connectivity index is 1.39. The lowest BCUT2D eigenvalue weighted by Crippen LogP contribution is -2.42. The van der Waals surface area contributed by atoms with Gasteiger partial charge in [-0.25, -0.2) is 9.97 Å². The van der Waals surface area contributed by atoms with E-state index in [9.17, 15) is 4.79 Å². The van der Waals surface area contributed by atoms with Crippen molar-refractivity contribution in [3.63, 3.8) is 0 Å². The molecule has 2 aromatic carbocycles. The van der Waals surface area contributed by atoms with Gasteiger partial charge in [-0.2, -0.15) is 0 Å². The topological polar surface area (TPSA) is 73.4 Å². The van der Waals surface area contributed by atoms with Gasteiger partial charge in [-0.15, -0.1) is 0 Å². The molecule has 0 unspecified atom stereocenters. The molecule has 2 aromatic heterocycles. The van der Waals surface area contributed by atoms with Gasteiger partial charge in [-0.3, -0.25) is 9.69 Å². The average Bonchev–Trinajstić information content (AvgIpc) is 3.28. The van der Waals surface area contributed by atoms with Crippen molar-refractivity contribution in [1.82, 2.24) is 20.2 Å². The number of nitrogens with zero attached hydrogens (tertiary/aromatic N) is 4. The van der Waals surface area contributed by atoms with Crippen LogP contribution < -0.4 is 15.5 Å². The first-order valence-corrected chi connectivity index (χ1v) is 12.3. The molecule has 174 valence electrons. The standard InChI is InChI=1S/C26H28N6OS/c1-31(2)20-7-5-6-19(15-20)24(33)29-22-9-4-3-8-21(22)25-30-23-14-18(16-28-26(23)34-25)17-32-12-10-27-11-13-32/h3-9,14-16,27H,10-13,17H2,1-2H3,(H,29,33). The Morgan fingerprint density at radius 3 is 2.76 bits per heavy atom.